The maximum absolute atomic E-state index is 14.0. The molecule has 0 fully saturated rings. The molecule has 9 heteroatoms. The summed E-state index contributed by atoms with van der Waals surface area (Å²) in [4.78, 5) is 28.6. The van der Waals surface area contributed by atoms with Gasteiger partial charge < -0.3 is 15.0 Å². The molecule has 0 aliphatic heterocycles. The third-order valence-electron chi connectivity index (χ3n) is 6.53. The van der Waals surface area contributed by atoms with Crippen LogP contribution in [0.2, 0.25) is 0 Å². The van der Waals surface area contributed by atoms with Gasteiger partial charge in [0.25, 0.3) is 0 Å². The summed E-state index contributed by atoms with van der Waals surface area (Å²) >= 11 is 0. The maximum atomic E-state index is 14.0. The number of aryl methyl sites for hydroxylation is 1. The normalized spacial score (nSPS) is 11.9. The first-order chi connectivity index (χ1) is 18.0. The molecule has 8 nitrogen and oxygen atoms in total. The highest BCUT2D eigenvalue weighted by atomic mass is 32.2. The fourth-order valence-corrected chi connectivity index (χ4v) is 5.19. The highest BCUT2D eigenvalue weighted by molar-refractivity contribution is 7.92. The summed E-state index contributed by atoms with van der Waals surface area (Å²) in [5, 5.41) is 2.67. The van der Waals surface area contributed by atoms with Crippen LogP contribution in [0.3, 0.4) is 0 Å². The molecule has 0 unspecified atom stereocenters. The molecule has 38 heavy (non-hydrogen) atoms. The van der Waals surface area contributed by atoms with Crippen molar-refractivity contribution < 1.29 is 22.7 Å². The number of carbonyl (C=O) groups is 2. The van der Waals surface area contributed by atoms with Crippen molar-refractivity contribution >= 4 is 27.5 Å². The second kappa shape index (κ2) is 12.6. The summed E-state index contributed by atoms with van der Waals surface area (Å²) in [6, 6.07) is 21.1. The Hall–Kier alpha value is -3.85. The van der Waals surface area contributed by atoms with Crippen LogP contribution in [-0.4, -0.2) is 58.1 Å². The summed E-state index contributed by atoms with van der Waals surface area (Å²) < 4.78 is 32.3. The van der Waals surface area contributed by atoms with Crippen LogP contribution in [0.15, 0.2) is 72.8 Å². The minimum atomic E-state index is -3.81. The molecule has 202 valence electrons. The second-order valence-corrected chi connectivity index (χ2v) is 11.1. The van der Waals surface area contributed by atoms with Crippen LogP contribution < -0.4 is 14.4 Å². The quantitative estimate of drug-likeness (QED) is 0.404. The lowest BCUT2D eigenvalue weighted by Crippen LogP contribution is -2.53. The lowest BCUT2D eigenvalue weighted by Gasteiger charge is -2.33. The third kappa shape index (κ3) is 7.13. The fraction of sp³-hybridized carbons (Fsp3) is 0.310. The van der Waals surface area contributed by atoms with E-state index in [2.05, 4.69) is 5.32 Å². The van der Waals surface area contributed by atoms with Crippen molar-refractivity contribution in [3.8, 4) is 5.75 Å². The molecule has 0 heterocycles. The number of sulfonamides is 1. The Morgan fingerprint density at radius 1 is 0.947 bits per heavy atom. The Labute approximate surface area is 225 Å². The number of ether oxygens (including phenoxy) is 1. The number of hydrogen-bond acceptors (Lipinski definition) is 5. The number of hydrogen-bond donors (Lipinski definition) is 1. The van der Waals surface area contributed by atoms with E-state index in [0.29, 0.717) is 11.4 Å². The summed E-state index contributed by atoms with van der Waals surface area (Å²) in [5.41, 5.74) is 3.72. The minimum Gasteiger partial charge on any atom is -0.497 e. The zero-order chi connectivity index (χ0) is 27.9. The minimum absolute atomic E-state index is 0.0886. The van der Waals surface area contributed by atoms with Gasteiger partial charge in [0.05, 0.1) is 19.1 Å². The molecule has 3 aromatic rings. The van der Waals surface area contributed by atoms with Crippen LogP contribution >= 0.6 is 0 Å². The highest BCUT2D eigenvalue weighted by Gasteiger charge is 2.33. The van der Waals surface area contributed by atoms with Crippen molar-refractivity contribution in [1.82, 2.24) is 10.2 Å². The zero-order valence-corrected chi connectivity index (χ0v) is 23.3. The van der Waals surface area contributed by atoms with Gasteiger partial charge in [0, 0.05) is 20.0 Å². The average molecular weight is 538 g/mol. The molecule has 0 saturated heterocycles. The van der Waals surface area contributed by atoms with Gasteiger partial charge in [-0.3, -0.25) is 13.9 Å². The van der Waals surface area contributed by atoms with Gasteiger partial charge >= 0.3 is 0 Å². The zero-order valence-electron chi connectivity index (χ0n) is 22.5. The van der Waals surface area contributed by atoms with E-state index in [1.165, 1.54) is 11.9 Å². The van der Waals surface area contributed by atoms with E-state index < -0.39 is 28.5 Å². The number of nitrogens with one attached hydrogen (secondary N) is 1. The van der Waals surface area contributed by atoms with Crippen LogP contribution in [0, 0.1) is 13.8 Å². The molecule has 0 aliphatic carbocycles. The van der Waals surface area contributed by atoms with E-state index in [1.807, 2.05) is 62.4 Å². The molecule has 1 atom stereocenters. The summed E-state index contributed by atoms with van der Waals surface area (Å²) in [6.07, 6.45) is 1.34. The molecule has 1 N–H and O–H groups in total. The Morgan fingerprint density at radius 2 is 1.61 bits per heavy atom. The number of methoxy groups -OCH3 is 1. The predicted octanol–water partition coefficient (Wildman–Crippen LogP) is 3.46. The van der Waals surface area contributed by atoms with Gasteiger partial charge in [0.15, 0.2) is 0 Å². The van der Waals surface area contributed by atoms with Gasteiger partial charge in [-0.05, 0) is 54.3 Å². The van der Waals surface area contributed by atoms with Gasteiger partial charge in [0.2, 0.25) is 21.8 Å². The van der Waals surface area contributed by atoms with E-state index in [9.17, 15) is 18.0 Å². The number of likely N-dealkylation sites (N-methyl/N-ethyl adjacent to an activating group) is 1. The van der Waals surface area contributed by atoms with Crippen molar-refractivity contribution in [2.45, 2.75) is 32.9 Å². The molecule has 0 bridgehead atoms. The smallest absolute Gasteiger partial charge is 0.244 e. The largest absolute Gasteiger partial charge is 0.497 e. The first-order valence-electron chi connectivity index (χ1n) is 12.3. The summed E-state index contributed by atoms with van der Waals surface area (Å²) in [7, 11) is -0.739. The molecule has 2 amide bonds. The number of rotatable bonds is 11. The van der Waals surface area contributed by atoms with Crippen molar-refractivity contribution in [1.29, 1.82) is 0 Å². The number of benzene rings is 3. The van der Waals surface area contributed by atoms with Gasteiger partial charge in [-0.15, -0.1) is 0 Å². The molecule has 0 aliphatic rings. The van der Waals surface area contributed by atoms with Gasteiger partial charge in [-0.1, -0.05) is 54.6 Å². The van der Waals surface area contributed by atoms with E-state index in [-0.39, 0.29) is 18.9 Å². The summed E-state index contributed by atoms with van der Waals surface area (Å²) in [6.45, 7) is 3.35. The SMILES string of the molecule is CNC(=O)[C@@H](Cc1ccccc1)N(Cc1cccc(OC)c1)C(=O)CN(c1cccc(C)c1C)S(C)(=O)=O. The van der Waals surface area contributed by atoms with Crippen LogP contribution in [-0.2, 0) is 32.6 Å². The van der Waals surface area contributed by atoms with Crippen molar-refractivity contribution in [3.05, 3.63) is 95.1 Å². The second-order valence-electron chi connectivity index (χ2n) is 9.18. The standard InChI is InChI=1S/C29H35N3O5S/c1-21-11-9-16-26(22(21)2)32(38(5,35)36)20-28(33)31(19-24-14-10-15-25(17-24)37-4)27(29(34)30-3)18-23-12-7-6-8-13-23/h6-17,27H,18-20H2,1-5H3,(H,30,34)/t27-/m1/s1. The Bertz CT molecular complexity index is 1380. The Morgan fingerprint density at radius 3 is 2.24 bits per heavy atom. The monoisotopic (exact) mass is 537 g/mol. The van der Waals surface area contributed by atoms with Crippen molar-refractivity contribution in [2.75, 3.05) is 31.3 Å². The molecule has 0 aromatic heterocycles. The predicted molar refractivity (Wildman–Crippen MR) is 150 cm³/mol. The first kappa shape index (κ1) is 28.7. The average Bonchev–Trinajstić information content (AvgIpc) is 2.90. The Balaban J connectivity index is 2.06. The molecular weight excluding hydrogens is 502 g/mol. The molecular formula is C29H35N3O5S. The molecule has 0 saturated carbocycles. The molecule has 3 rings (SSSR count). The topological polar surface area (TPSA) is 96.0 Å². The van der Waals surface area contributed by atoms with Gasteiger partial charge in [0.1, 0.15) is 18.3 Å². The number of amides is 2. The van der Waals surface area contributed by atoms with E-state index in [0.717, 1.165) is 32.8 Å². The number of carbonyl (C=O) groups excluding carboxylic acids is 2. The van der Waals surface area contributed by atoms with Crippen molar-refractivity contribution in [3.63, 3.8) is 0 Å². The lowest BCUT2D eigenvalue weighted by atomic mass is 10.0. The summed E-state index contributed by atoms with van der Waals surface area (Å²) in [5.74, 6) is -0.228. The van der Waals surface area contributed by atoms with Gasteiger partial charge in [-0.2, -0.15) is 0 Å². The van der Waals surface area contributed by atoms with Crippen LogP contribution in [0.1, 0.15) is 22.3 Å². The van der Waals surface area contributed by atoms with Gasteiger partial charge in [-0.25, -0.2) is 8.42 Å². The maximum Gasteiger partial charge on any atom is 0.244 e. The molecule has 0 spiro atoms. The fourth-order valence-electron chi connectivity index (χ4n) is 4.29. The Kier molecular flexibility index (Phi) is 9.52. The van der Waals surface area contributed by atoms with E-state index in [1.54, 1.807) is 31.4 Å². The van der Waals surface area contributed by atoms with Crippen molar-refractivity contribution in [2.24, 2.45) is 0 Å². The number of anilines is 1. The van der Waals surface area contributed by atoms with E-state index >= 15 is 0 Å². The number of nitrogens with zero attached hydrogens (tertiary/aromatic N) is 2. The third-order valence-corrected chi connectivity index (χ3v) is 7.65. The van der Waals surface area contributed by atoms with Crippen LogP contribution in [0.25, 0.3) is 0 Å². The molecule has 3 aromatic carbocycles. The highest BCUT2D eigenvalue weighted by Crippen LogP contribution is 2.26. The lowest BCUT2D eigenvalue weighted by molar-refractivity contribution is -0.139. The molecule has 0 radical (unpaired) electrons. The van der Waals surface area contributed by atoms with E-state index in [4.69, 9.17) is 4.74 Å². The van der Waals surface area contributed by atoms with Crippen LogP contribution in [0.4, 0.5) is 5.69 Å². The van der Waals surface area contributed by atoms with Crippen LogP contribution in [0.5, 0.6) is 5.75 Å². The first-order valence-corrected chi connectivity index (χ1v) is 14.1.